The minimum atomic E-state index is 0.417. The standard InChI is InChI=1S/C16H18O/c1-15-7-8-16(10-15)11-17-9-13(16)14(15)12-5-3-2-4-6-12/h2-6H,7-11H2,1H3. The van der Waals surface area contributed by atoms with Crippen LogP contribution in [0.2, 0.25) is 0 Å². The maximum absolute atomic E-state index is 5.77. The summed E-state index contributed by atoms with van der Waals surface area (Å²) >= 11 is 0. The Bertz CT molecular complexity index is 502. The molecule has 1 aromatic carbocycles. The van der Waals surface area contributed by atoms with Crippen molar-refractivity contribution >= 4 is 5.57 Å². The van der Waals surface area contributed by atoms with Crippen molar-refractivity contribution in [3.05, 3.63) is 41.5 Å². The predicted molar refractivity (Wildman–Crippen MR) is 68.6 cm³/mol. The summed E-state index contributed by atoms with van der Waals surface area (Å²) in [5.41, 5.74) is 5.50. The van der Waals surface area contributed by atoms with Crippen molar-refractivity contribution in [2.75, 3.05) is 13.2 Å². The molecule has 0 aromatic heterocycles. The van der Waals surface area contributed by atoms with Crippen LogP contribution in [0.15, 0.2) is 35.9 Å². The Labute approximate surface area is 102 Å². The fraction of sp³-hybridized carbons (Fsp3) is 0.500. The normalized spacial score (nSPS) is 38.9. The number of allylic oxidation sites excluding steroid dienone is 1. The first-order valence-electron chi connectivity index (χ1n) is 6.61. The molecule has 1 aromatic rings. The van der Waals surface area contributed by atoms with E-state index in [1.54, 1.807) is 11.1 Å². The monoisotopic (exact) mass is 226 g/mol. The lowest BCUT2D eigenvalue weighted by atomic mass is 9.76. The molecule has 1 aliphatic heterocycles. The van der Waals surface area contributed by atoms with Gasteiger partial charge in [0, 0.05) is 5.41 Å². The van der Waals surface area contributed by atoms with Gasteiger partial charge in [0.2, 0.25) is 0 Å². The topological polar surface area (TPSA) is 9.23 Å². The third-order valence-electron chi connectivity index (χ3n) is 5.12. The van der Waals surface area contributed by atoms with E-state index in [-0.39, 0.29) is 0 Å². The third kappa shape index (κ3) is 1.13. The summed E-state index contributed by atoms with van der Waals surface area (Å²) in [5, 5.41) is 0. The second kappa shape index (κ2) is 3.02. The van der Waals surface area contributed by atoms with E-state index >= 15 is 0 Å². The number of hydrogen-bond acceptors (Lipinski definition) is 1. The van der Waals surface area contributed by atoms with Crippen molar-refractivity contribution in [2.24, 2.45) is 10.8 Å². The Balaban J connectivity index is 1.95. The van der Waals surface area contributed by atoms with E-state index in [4.69, 9.17) is 4.74 Å². The van der Waals surface area contributed by atoms with Crippen LogP contribution in [-0.4, -0.2) is 13.2 Å². The fourth-order valence-corrected chi connectivity index (χ4v) is 4.45. The molecule has 0 amide bonds. The molecular formula is C16H18O. The predicted octanol–water partition coefficient (Wildman–Crippen LogP) is 3.66. The number of ether oxygens (including phenoxy) is 1. The van der Waals surface area contributed by atoms with E-state index < -0.39 is 0 Å². The Morgan fingerprint density at radius 3 is 2.76 bits per heavy atom. The van der Waals surface area contributed by atoms with Crippen LogP contribution in [0, 0.1) is 10.8 Å². The molecule has 1 heteroatoms. The zero-order chi connectivity index (χ0) is 11.5. The largest absolute Gasteiger partial charge is 0.376 e. The van der Waals surface area contributed by atoms with Crippen LogP contribution >= 0.6 is 0 Å². The van der Waals surface area contributed by atoms with E-state index in [2.05, 4.69) is 37.3 Å². The minimum absolute atomic E-state index is 0.417. The number of rotatable bonds is 1. The molecule has 1 nitrogen and oxygen atoms in total. The minimum Gasteiger partial charge on any atom is -0.376 e. The molecule has 2 unspecified atom stereocenters. The van der Waals surface area contributed by atoms with Gasteiger partial charge in [-0.25, -0.2) is 0 Å². The van der Waals surface area contributed by atoms with Gasteiger partial charge in [0.25, 0.3) is 0 Å². The molecule has 2 fully saturated rings. The highest BCUT2D eigenvalue weighted by atomic mass is 16.5. The van der Waals surface area contributed by atoms with Gasteiger partial charge in [-0.2, -0.15) is 0 Å². The Hall–Kier alpha value is -1.08. The molecule has 4 rings (SSSR count). The average Bonchev–Trinajstić information content (AvgIpc) is 2.94. The first kappa shape index (κ1) is 9.90. The van der Waals surface area contributed by atoms with Crippen LogP contribution < -0.4 is 0 Å². The second-order valence-corrected chi connectivity index (χ2v) is 6.23. The smallest absolute Gasteiger partial charge is 0.0689 e. The van der Waals surface area contributed by atoms with Crippen molar-refractivity contribution in [1.29, 1.82) is 0 Å². The van der Waals surface area contributed by atoms with Gasteiger partial charge < -0.3 is 4.74 Å². The Kier molecular flexibility index (Phi) is 1.76. The molecule has 88 valence electrons. The fourth-order valence-electron chi connectivity index (χ4n) is 4.45. The molecule has 1 saturated carbocycles. The number of benzene rings is 1. The highest BCUT2D eigenvalue weighted by molar-refractivity contribution is 5.78. The highest BCUT2D eigenvalue weighted by Crippen LogP contribution is 2.68. The number of hydrogen-bond donors (Lipinski definition) is 0. The van der Waals surface area contributed by atoms with Gasteiger partial charge in [0.1, 0.15) is 0 Å². The SMILES string of the molecule is CC12CCC3(COCC3=C1c1ccccc1)C2. The lowest BCUT2D eigenvalue weighted by molar-refractivity contribution is 0.151. The molecular weight excluding hydrogens is 208 g/mol. The molecule has 0 N–H and O–H groups in total. The maximum atomic E-state index is 5.77. The van der Waals surface area contributed by atoms with E-state index in [0.717, 1.165) is 13.2 Å². The van der Waals surface area contributed by atoms with Crippen molar-refractivity contribution in [1.82, 2.24) is 0 Å². The van der Waals surface area contributed by atoms with Crippen molar-refractivity contribution < 1.29 is 4.74 Å². The molecule has 3 aliphatic rings. The summed E-state index contributed by atoms with van der Waals surface area (Å²) < 4.78 is 5.77. The van der Waals surface area contributed by atoms with Crippen LogP contribution in [0.3, 0.4) is 0 Å². The van der Waals surface area contributed by atoms with Crippen LogP contribution in [0.25, 0.3) is 5.57 Å². The Morgan fingerprint density at radius 2 is 1.94 bits per heavy atom. The van der Waals surface area contributed by atoms with Crippen LogP contribution in [-0.2, 0) is 4.74 Å². The lowest BCUT2D eigenvalue weighted by Gasteiger charge is -2.28. The Morgan fingerprint density at radius 1 is 1.12 bits per heavy atom. The van der Waals surface area contributed by atoms with Gasteiger partial charge in [-0.15, -0.1) is 0 Å². The summed E-state index contributed by atoms with van der Waals surface area (Å²) in [6.07, 6.45) is 4.00. The quantitative estimate of drug-likeness (QED) is 0.710. The molecule has 1 spiro atoms. The van der Waals surface area contributed by atoms with Crippen molar-refractivity contribution in [2.45, 2.75) is 26.2 Å². The van der Waals surface area contributed by atoms with E-state index in [1.807, 2.05) is 0 Å². The van der Waals surface area contributed by atoms with E-state index in [0.29, 0.717) is 10.8 Å². The summed E-state index contributed by atoms with van der Waals surface area (Å²) in [5.74, 6) is 0. The number of fused-ring (bicyclic) bond motifs is 1. The molecule has 2 aliphatic carbocycles. The highest BCUT2D eigenvalue weighted by Gasteiger charge is 2.59. The first-order chi connectivity index (χ1) is 8.24. The third-order valence-corrected chi connectivity index (χ3v) is 5.12. The van der Waals surface area contributed by atoms with Crippen LogP contribution in [0.4, 0.5) is 0 Å². The van der Waals surface area contributed by atoms with Crippen molar-refractivity contribution in [3.63, 3.8) is 0 Å². The zero-order valence-corrected chi connectivity index (χ0v) is 10.3. The lowest BCUT2D eigenvalue weighted by Crippen LogP contribution is -2.17. The van der Waals surface area contributed by atoms with Crippen LogP contribution in [0.1, 0.15) is 31.7 Å². The summed E-state index contributed by atoms with van der Waals surface area (Å²) in [6, 6.07) is 10.9. The molecule has 2 bridgehead atoms. The maximum Gasteiger partial charge on any atom is 0.0689 e. The van der Waals surface area contributed by atoms with Gasteiger partial charge in [0.15, 0.2) is 0 Å². The molecule has 17 heavy (non-hydrogen) atoms. The van der Waals surface area contributed by atoms with Crippen molar-refractivity contribution in [3.8, 4) is 0 Å². The zero-order valence-electron chi connectivity index (χ0n) is 10.3. The summed E-state index contributed by atoms with van der Waals surface area (Å²) in [6.45, 7) is 4.30. The van der Waals surface area contributed by atoms with Gasteiger partial charge in [-0.3, -0.25) is 0 Å². The van der Waals surface area contributed by atoms with Gasteiger partial charge >= 0.3 is 0 Å². The van der Waals surface area contributed by atoms with E-state index in [9.17, 15) is 0 Å². The summed E-state index contributed by atoms with van der Waals surface area (Å²) in [7, 11) is 0. The van der Waals surface area contributed by atoms with Gasteiger partial charge in [0.05, 0.1) is 13.2 Å². The molecule has 2 atom stereocenters. The van der Waals surface area contributed by atoms with E-state index in [1.165, 1.54) is 24.8 Å². The van der Waals surface area contributed by atoms with Gasteiger partial charge in [-0.05, 0) is 41.4 Å². The summed E-state index contributed by atoms with van der Waals surface area (Å²) in [4.78, 5) is 0. The van der Waals surface area contributed by atoms with Crippen LogP contribution in [0.5, 0.6) is 0 Å². The molecule has 1 heterocycles. The molecule has 1 saturated heterocycles. The second-order valence-electron chi connectivity index (χ2n) is 6.23. The average molecular weight is 226 g/mol. The van der Waals surface area contributed by atoms with Gasteiger partial charge in [-0.1, -0.05) is 37.3 Å². The molecule has 0 radical (unpaired) electrons. The first-order valence-corrected chi connectivity index (χ1v) is 6.61.